The van der Waals surface area contributed by atoms with Gasteiger partial charge in [0.15, 0.2) is 6.61 Å². The number of rotatable bonds is 4. The van der Waals surface area contributed by atoms with Crippen molar-refractivity contribution in [1.82, 2.24) is 10.2 Å². The van der Waals surface area contributed by atoms with E-state index in [2.05, 4.69) is 32.2 Å². The molecular weight excluding hydrogens is 300 g/mol. The van der Waals surface area contributed by atoms with Crippen LogP contribution in [0.3, 0.4) is 0 Å². The number of hydrogen-bond donors (Lipinski definition) is 1. The largest absolute Gasteiger partial charge is 0.483 e. The Kier molecular flexibility index (Phi) is 4.86. The topological polar surface area (TPSA) is 41.6 Å². The maximum absolute atomic E-state index is 12.6. The standard InChI is InChI=1S/C20H30N2O2/c1-20(2,3)17-7-5-6-8-18(17)24-13-19(23)22(4)16-11-14-9-10-15(12-16)21-14/h5-8,14-16,21H,9-13H2,1-4H3. The Bertz CT molecular complexity index is 582. The number of hydrogen-bond acceptors (Lipinski definition) is 3. The third kappa shape index (κ3) is 3.75. The Balaban J connectivity index is 1.60. The summed E-state index contributed by atoms with van der Waals surface area (Å²) < 4.78 is 5.90. The summed E-state index contributed by atoms with van der Waals surface area (Å²) in [6, 6.07) is 9.54. The molecule has 132 valence electrons. The van der Waals surface area contributed by atoms with Crippen molar-refractivity contribution in [3.63, 3.8) is 0 Å². The average Bonchev–Trinajstić information content (AvgIpc) is 2.89. The minimum absolute atomic E-state index is 0.000222. The Morgan fingerprint density at radius 3 is 2.46 bits per heavy atom. The number of piperidine rings is 1. The Morgan fingerprint density at radius 1 is 1.21 bits per heavy atom. The molecule has 0 saturated carbocycles. The van der Waals surface area contributed by atoms with E-state index in [0.29, 0.717) is 18.1 Å². The van der Waals surface area contributed by atoms with E-state index in [1.54, 1.807) is 0 Å². The first kappa shape index (κ1) is 17.3. The zero-order valence-electron chi connectivity index (χ0n) is 15.3. The summed E-state index contributed by atoms with van der Waals surface area (Å²) in [5.74, 6) is 0.891. The highest BCUT2D eigenvalue weighted by molar-refractivity contribution is 5.78. The van der Waals surface area contributed by atoms with E-state index in [-0.39, 0.29) is 17.9 Å². The lowest BCUT2D eigenvalue weighted by Crippen LogP contribution is -2.49. The number of nitrogens with one attached hydrogen (secondary N) is 1. The van der Waals surface area contributed by atoms with Gasteiger partial charge in [0, 0.05) is 25.2 Å². The SMILES string of the molecule is CN(C(=O)COc1ccccc1C(C)(C)C)C1CC2CCC(C1)N2. The lowest BCUT2D eigenvalue weighted by atomic mass is 9.86. The molecule has 3 rings (SSSR count). The van der Waals surface area contributed by atoms with Crippen LogP contribution >= 0.6 is 0 Å². The molecule has 1 amide bonds. The third-order valence-electron chi connectivity index (χ3n) is 5.44. The first-order chi connectivity index (χ1) is 11.3. The number of para-hydroxylation sites is 1. The predicted octanol–water partition coefficient (Wildman–Crippen LogP) is 3.10. The molecule has 2 aliphatic heterocycles. The molecule has 2 atom stereocenters. The molecule has 4 nitrogen and oxygen atoms in total. The molecule has 2 unspecified atom stereocenters. The number of fused-ring (bicyclic) bond motifs is 2. The van der Waals surface area contributed by atoms with Crippen molar-refractivity contribution in [3.05, 3.63) is 29.8 Å². The van der Waals surface area contributed by atoms with Crippen LogP contribution in [0.4, 0.5) is 0 Å². The van der Waals surface area contributed by atoms with Crippen molar-refractivity contribution in [2.24, 2.45) is 0 Å². The highest BCUT2D eigenvalue weighted by Crippen LogP contribution is 2.31. The van der Waals surface area contributed by atoms with Crippen molar-refractivity contribution < 1.29 is 9.53 Å². The number of carbonyl (C=O) groups excluding carboxylic acids is 1. The van der Waals surface area contributed by atoms with Crippen LogP contribution in [0.15, 0.2) is 24.3 Å². The molecule has 2 heterocycles. The van der Waals surface area contributed by atoms with E-state index >= 15 is 0 Å². The molecule has 24 heavy (non-hydrogen) atoms. The zero-order chi connectivity index (χ0) is 17.3. The summed E-state index contributed by atoms with van der Waals surface area (Å²) >= 11 is 0. The fraction of sp³-hybridized carbons (Fsp3) is 0.650. The fourth-order valence-electron chi connectivity index (χ4n) is 4.00. The summed E-state index contributed by atoms with van der Waals surface area (Å²) in [6.07, 6.45) is 4.63. The van der Waals surface area contributed by atoms with Crippen molar-refractivity contribution in [2.45, 2.75) is 70.0 Å². The molecular formula is C20H30N2O2. The number of nitrogens with zero attached hydrogens (tertiary/aromatic N) is 1. The summed E-state index contributed by atoms with van der Waals surface area (Å²) in [5.41, 5.74) is 1.14. The van der Waals surface area contributed by atoms with Crippen LogP contribution < -0.4 is 10.1 Å². The van der Waals surface area contributed by atoms with Gasteiger partial charge < -0.3 is 15.0 Å². The molecule has 1 aromatic rings. The number of ether oxygens (including phenoxy) is 1. The summed E-state index contributed by atoms with van der Waals surface area (Å²) in [4.78, 5) is 14.5. The zero-order valence-corrected chi connectivity index (χ0v) is 15.3. The van der Waals surface area contributed by atoms with Crippen LogP contribution in [0.1, 0.15) is 52.0 Å². The van der Waals surface area contributed by atoms with Gasteiger partial charge in [-0.2, -0.15) is 0 Å². The van der Waals surface area contributed by atoms with E-state index in [1.807, 2.05) is 30.1 Å². The molecule has 2 saturated heterocycles. The molecule has 1 aromatic carbocycles. The fourth-order valence-corrected chi connectivity index (χ4v) is 4.00. The second kappa shape index (κ2) is 6.75. The first-order valence-corrected chi connectivity index (χ1v) is 9.08. The van der Waals surface area contributed by atoms with Gasteiger partial charge in [-0.1, -0.05) is 39.0 Å². The van der Waals surface area contributed by atoms with E-state index < -0.39 is 0 Å². The minimum Gasteiger partial charge on any atom is -0.483 e. The second-order valence-corrected chi connectivity index (χ2v) is 8.30. The summed E-state index contributed by atoms with van der Waals surface area (Å²) in [6.45, 7) is 6.60. The molecule has 0 aromatic heterocycles. The smallest absolute Gasteiger partial charge is 0.260 e. The second-order valence-electron chi connectivity index (χ2n) is 8.30. The van der Waals surface area contributed by atoms with Gasteiger partial charge in [-0.25, -0.2) is 0 Å². The lowest BCUT2D eigenvalue weighted by molar-refractivity contribution is -0.134. The number of amides is 1. The number of likely N-dealkylation sites (N-methyl/N-ethyl adjacent to an activating group) is 1. The molecule has 2 aliphatic rings. The Hall–Kier alpha value is -1.55. The molecule has 2 fully saturated rings. The molecule has 0 aliphatic carbocycles. The van der Waals surface area contributed by atoms with Gasteiger partial charge >= 0.3 is 0 Å². The van der Waals surface area contributed by atoms with Gasteiger partial charge in [0.05, 0.1) is 0 Å². The minimum atomic E-state index is -0.000222. The molecule has 1 N–H and O–H groups in total. The van der Waals surface area contributed by atoms with Gasteiger partial charge in [0.1, 0.15) is 5.75 Å². The predicted molar refractivity (Wildman–Crippen MR) is 96.4 cm³/mol. The highest BCUT2D eigenvalue weighted by Gasteiger charge is 2.36. The van der Waals surface area contributed by atoms with E-state index in [0.717, 1.165) is 24.2 Å². The van der Waals surface area contributed by atoms with Crippen molar-refractivity contribution in [2.75, 3.05) is 13.7 Å². The summed E-state index contributed by atoms with van der Waals surface area (Å²) in [7, 11) is 1.93. The summed E-state index contributed by atoms with van der Waals surface area (Å²) in [5, 5.41) is 3.63. The highest BCUT2D eigenvalue weighted by atomic mass is 16.5. The van der Waals surface area contributed by atoms with Crippen LogP contribution in [-0.4, -0.2) is 42.6 Å². The van der Waals surface area contributed by atoms with Crippen LogP contribution in [0, 0.1) is 0 Å². The molecule has 0 spiro atoms. The Morgan fingerprint density at radius 2 is 1.83 bits per heavy atom. The van der Waals surface area contributed by atoms with Gasteiger partial charge in [0.2, 0.25) is 0 Å². The maximum atomic E-state index is 12.6. The molecule has 4 heteroatoms. The number of carbonyl (C=O) groups is 1. The molecule has 2 bridgehead atoms. The van der Waals surface area contributed by atoms with Gasteiger partial charge in [-0.05, 0) is 42.7 Å². The van der Waals surface area contributed by atoms with Crippen LogP contribution in [0.5, 0.6) is 5.75 Å². The van der Waals surface area contributed by atoms with Crippen LogP contribution in [0.2, 0.25) is 0 Å². The lowest BCUT2D eigenvalue weighted by Gasteiger charge is -2.35. The van der Waals surface area contributed by atoms with Gasteiger partial charge in [-0.3, -0.25) is 4.79 Å². The quantitative estimate of drug-likeness (QED) is 0.922. The van der Waals surface area contributed by atoms with E-state index in [9.17, 15) is 4.79 Å². The maximum Gasteiger partial charge on any atom is 0.260 e. The number of benzene rings is 1. The van der Waals surface area contributed by atoms with Crippen LogP contribution in [0.25, 0.3) is 0 Å². The van der Waals surface area contributed by atoms with Gasteiger partial charge in [-0.15, -0.1) is 0 Å². The van der Waals surface area contributed by atoms with E-state index in [1.165, 1.54) is 12.8 Å². The normalized spacial score (nSPS) is 26.2. The van der Waals surface area contributed by atoms with Crippen molar-refractivity contribution >= 4 is 5.91 Å². The van der Waals surface area contributed by atoms with Crippen LogP contribution in [-0.2, 0) is 10.2 Å². The third-order valence-corrected chi connectivity index (χ3v) is 5.44. The average molecular weight is 330 g/mol. The van der Waals surface area contributed by atoms with Gasteiger partial charge in [0.25, 0.3) is 5.91 Å². The van der Waals surface area contributed by atoms with Crippen molar-refractivity contribution in [3.8, 4) is 5.75 Å². The monoisotopic (exact) mass is 330 g/mol. The van der Waals surface area contributed by atoms with E-state index in [4.69, 9.17) is 4.74 Å². The molecule has 0 radical (unpaired) electrons. The Labute approximate surface area is 145 Å². The first-order valence-electron chi connectivity index (χ1n) is 9.08. The van der Waals surface area contributed by atoms with Crippen molar-refractivity contribution in [1.29, 1.82) is 0 Å².